The predicted octanol–water partition coefficient (Wildman–Crippen LogP) is 4.44. The van der Waals surface area contributed by atoms with E-state index in [1.54, 1.807) is 30.3 Å². The summed E-state index contributed by atoms with van der Waals surface area (Å²) in [4.78, 5) is 40.4. The summed E-state index contributed by atoms with van der Waals surface area (Å²) in [5.41, 5.74) is 2.59. The van der Waals surface area contributed by atoms with Crippen LogP contribution in [0, 0.1) is 0 Å². The maximum absolute atomic E-state index is 13.7. The van der Waals surface area contributed by atoms with Gasteiger partial charge in [-0.1, -0.05) is 91.0 Å². The molecule has 0 unspecified atom stereocenters. The Bertz CT molecular complexity index is 1740. The Hall–Kier alpha value is -4.73. The molecule has 2 fully saturated rings. The minimum atomic E-state index is -1.42. The minimum Gasteiger partial charge on any atom is -0.479 e. The van der Waals surface area contributed by atoms with Gasteiger partial charge in [0.25, 0.3) is 5.91 Å². The summed E-state index contributed by atoms with van der Waals surface area (Å²) in [7, 11) is 2.77. The van der Waals surface area contributed by atoms with E-state index in [9.17, 15) is 19.5 Å². The van der Waals surface area contributed by atoms with Gasteiger partial charge in [0, 0.05) is 14.2 Å². The first-order chi connectivity index (χ1) is 26.4. The number of carbonyl (C=O) groups excluding carboxylic acids is 3. The Balaban J connectivity index is 1.13. The number of amides is 2. The fourth-order valence-corrected chi connectivity index (χ4v) is 6.63. The van der Waals surface area contributed by atoms with E-state index in [2.05, 4.69) is 0 Å². The SMILES string of the molecule is CO[C@H]1O[C@H](CO)[C@@H](OCc2ccccc2)[C@H](OCc2ccccc2)[C@@H]1OCCC=C1C=CC(=O)[C@@H]([C@@H](OC)C(=O)N2C(=O)OC[C@H]2c2ccccc2)O1. The molecule has 13 heteroatoms. The number of allylic oxidation sites excluding steroid dienone is 1. The van der Waals surface area contributed by atoms with Gasteiger partial charge in [-0.25, -0.2) is 9.69 Å². The monoisotopic (exact) mass is 743 g/mol. The number of ether oxygens (including phenoxy) is 8. The highest BCUT2D eigenvalue weighted by atomic mass is 16.7. The van der Waals surface area contributed by atoms with Crippen LogP contribution in [0.4, 0.5) is 4.79 Å². The molecule has 0 radical (unpaired) electrons. The molecule has 3 aromatic rings. The van der Waals surface area contributed by atoms with Gasteiger partial charge in [-0.15, -0.1) is 0 Å². The third kappa shape index (κ3) is 9.31. The maximum atomic E-state index is 13.7. The number of methoxy groups -OCH3 is 2. The normalized spacial score (nSPS) is 26.8. The Labute approximate surface area is 313 Å². The number of aliphatic hydroxyl groups excluding tert-OH is 1. The first kappa shape index (κ1) is 39.0. The van der Waals surface area contributed by atoms with E-state index >= 15 is 0 Å². The van der Waals surface area contributed by atoms with E-state index in [0.717, 1.165) is 16.0 Å². The molecule has 0 aliphatic carbocycles. The number of carbonyl (C=O) groups is 3. The fraction of sp³-hybridized carbons (Fsp3) is 0.390. The zero-order valence-electron chi connectivity index (χ0n) is 30.1. The summed E-state index contributed by atoms with van der Waals surface area (Å²) >= 11 is 0. The van der Waals surface area contributed by atoms with Crippen LogP contribution in [0.2, 0.25) is 0 Å². The minimum absolute atomic E-state index is 0.0236. The molecule has 0 aromatic heterocycles. The second-order valence-electron chi connectivity index (χ2n) is 12.9. The number of cyclic esters (lactones) is 1. The number of ketones is 1. The summed E-state index contributed by atoms with van der Waals surface area (Å²) in [6.45, 7) is 0.309. The molecule has 2 saturated heterocycles. The molecule has 0 saturated carbocycles. The van der Waals surface area contributed by atoms with Crippen LogP contribution in [0.1, 0.15) is 29.2 Å². The number of hydrogen-bond donors (Lipinski definition) is 1. The topological polar surface area (TPSA) is 149 Å². The highest BCUT2D eigenvalue weighted by Crippen LogP contribution is 2.32. The van der Waals surface area contributed by atoms with Crippen LogP contribution in [0.15, 0.2) is 115 Å². The average Bonchev–Trinajstić information content (AvgIpc) is 3.61. The van der Waals surface area contributed by atoms with Crippen molar-refractivity contribution in [2.24, 2.45) is 0 Å². The first-order valence-electron chi connectivity index (χ1n) is 17.8. The lowest BCUT2D eigenvalue weighted by molar-refractivity contribution is -0.319. The van der Waals surface area contributed by atoms with Crippen LogP contribution in [0.3, 0.4) is 0 Å². The molecule has 54 heavy (non-hydrogen) atoms. The zero-order chi connectivity index (χ0) is 37.9. The van der Waals surface area contributed by atoms with Crippen molar-refractivity contribution in [3.8, 4) is 0 Å². The van der Waals surface area contributed by atoms with E-state index in [0.29, 0.717) is 17.7 Å². The third-order valence-corrected chi connectivity index (χ3v) is 9.37. The van der Waals surface area contributed by atoms with Crippen LogP contribution < -0.4 is 0 Å². The second kappa shape index (κ2) is 19.0. The molecule has 1 N–H and O–H groups in total. The van der Waals surface area contributed by atoms with Gasteiger partial charge in [-0.05, 0) is 41.3 Å². The summed E-state index contributed by atoms with van der Waals surface area (Å²) in [6.07, 6.45) is -2.54. The summed E-state index contributed by atoms with van der Waals surface area (Å²) in [5.74, 6) is -0.931. The van der Waals surface area contributed by atoms with Crippen molar-refractivity contribution in [2.75, 3.05) is 34.0 Å². The number of aliphatic hydroxyl groups is 1. The van der Waals surface area contributed by atoms with Gasteiger partial charge in [0.2, 0.25) is 0 Å². The van der Waals surface area contributed by atoms with E-state index in [1.807, 2.05) is 66.7 Å². The Morgan fingerprint density at radius 2 is 1.48 bits per heavy atom. The molecule has 6 rings (SSSR count). The smallest absolute Gasteiger partial charge is 0.417 e. The number of benzene rings is 3. The molecule has 0 spiro atoms. The lowest BCUT2D eigenvalue weighted by Crippen LogP contribution is -2.61. The van der Waals surface area contributed by atoms with Crippen molar-refractivity contribution < 1.29 is 57.4 Å². The van der Waals surface area contributed by atoms with Gasteiger partial charge in [0.1, 0.15) is 42.8 Å². The van der Waals surface area contributed by atoms with Gasteiger partial charge in [-0.3, -0.25) is 9.59 Å². The Morgan fingerprint density at radius 3 is 2.09 bits per heavy atom. The Kier molecular flexibility index (Phi) is 13.7. The summed E-state index contributed by atoms with van der Waals surface area (Å²) in [5, 5.41) is 10.3. The van der Waals surface area contributed by atoms with E-state index in [1.165, 1.54) is 26.4 Å². The van der Waals surface area contributed by atoms with Crippen molar-refractivity contribution in [2.45, 2.75) is 68.6 Å². The zero-order valence-corrected chi connectivity index (χ0v) is 30.1. The van der Waals surface area contributed by atoms with E-state index in [-0.39, 0.29) is 33.0 Å². The number of hydrogen-bond acceptors (Lipinski definition) is 12. The van der Waals surface area contributed by atoms with Crippen molar-refractivity contribution >= 4 is 17.8 Å². The number of imide groups is 1. The molecule has 0 bridgehead atoms. The van der Waals surface area contributed by atoms with Crippen molar-refractivity contribution in [1.29, 1.82) is 0 Å². The van der Waals surface area contributed by atoms with E-state index < -0.39 is 66.7 Å². The molecule has 3 aliphatic heterocycles. The third-order valence-electron chi connectivity index (χ3n) is 9.37. The van der Waals surface area contributed by atoms with Gasteiger partial charge < -0.3 is 43.0 Å². The van der Waals surface area contributed by atoms with Gasteiger partial charge in [0.05, 0.1) is 26.4 Å². The highest BCUT2D eigenvalue weighted by Gasteiger charge is 2.49. The molecule has 3 aromatic carbocycles. The van der Waals surface area contributed by atoms with Crippen molar-refractivity contribution in [3.05, 3.63) is 132 Å². The van der Waals surface area contributed by atoms with Gasteiger partial charge in [0.15, 0.2) is 24.3 Å². The van der Waals surface area contributed by atoms with Crippen LogP contribution >= 0.6 is 0 Å². The van der Waals surface area contributed by atoms with Gasteiger partial charge in [-0.2, -0.15) is 0 Å². The van der Waals surface area contributed by atoms with Gasteiger partial charge >= 0.3 is 6.09 Å². The quantitative estimate of drug-likeness (QED) is 0.207. The van der Waals surface area contributed by atoms with Crippen LogP contribution in [-0.4, -0.2) is 105 Å². The molecule has 2 amide bonds. The first-order valence-corrected chi connectivity index (χ1v) is 17.8. The Morgan fingerprint density at radius 1 is 0.852 bits per heavy atom. The van der Waals surface area contributed by atoms with Crippen LogP contribution in [-0.2, 0) is 60.7 Å². The number of rotatable bonds is 16. The largest absolute Gasteiger partial charge is 0.479 e. The molecular formula is C41H45NO12. The second-order valence-corrected chi connectivity index (χ2v) is 12.9. The van der Waals surface area contributed by atoms with Crippen molar-refractivity contribution in [1.82, 2.24) is 4.90 Å². The molecule has 13 nitrogen and oxygen atoms in total. The molecule has 3 heterocycles. The van der Waals surface area contributed by atoms with E-state index in [4.69, 9.17) is 37.9 Å². The fourth-order valence-electron chi connectivity index (χ4n) is 6.63. The molecular weight excluding hydrogens is 698 g/mol. The lowest BCUT2D eigenvalue weighted by Gasteiger charge is -2.45. The predicted molar refractivity (Wildman–Crippen MR) is 192 cm³/mol. The summed E-state index contributed by atoms with van der Waals surface area (Å²) < 4.78 is 47.7. The average molecular weight is 744 g/mol. The van der Waals surface area contributed by atoms with Crippen LogP contribution in [0.25, 0.3) is 0 Å². The molecule has 3 aliphatic rings. The lowest BCUT2D eigenvalue weighted by atomic mass is 9.98. The molecule has 8 atom stereocenters. The van der Waals surface area contributed by atoms with Crippen molar-refractivity contribution in [3.63, 3.8) is 0 Å². The summed E-state index contributed by atoms with van der Waals surface area (Å²) in [6, 6.07) is 27.7. The number of nitrogens with zero attached hydrogens (tertiary/aromatic N) is 1. The molecule has 286 valence electrons. The van der Waals surface area contributed by atoms with Crippen LogP contribution in [0.5, 0.6) is 0 Å². The highest BCUT2D eigenvalue weighted by molar-refractivity contribution is 6.03. The standard InChI is InChI=1S/C41H45NO12/c1-47-37(39(45)42-31(26-52-41(42)46)29-17-10-5-11-18-29)34-32(44)21-20-30(53-34)19-12-22-49-38-36(51-25-28-15-8-4-9-16-28)35(33(23-43)54-40(38)48-2)50-24-27-13-6-3-7-14-27/h3-11,13-21,31,33-38,40,43H,12,22-26H2,1-2H3/t31-,33+,34-,35+,36-,37+,38-,40-/m0/s1. The maximum Gasteiger partial charge on any atom is 0.417 e.